The molecule has 0 aromatic carbocycles. The summed E-state index contributed by atoms with van der Waals surface area (Å²) in [6, 6.07) is 1.54. The lowest BCUT2D eigenvalue weighted by Crippen LogP contribution is -2.44. The molecule has 4 aliphatic heterocycles. The van der Waals surface area contributed by atoms with Crippen molar-refractivity contribution in [2.24, 2.45) is 5.92 Å². The van der Waals surface area contributed by atoms with Gasteiger partial charge in [0, 0.05) is 158 Å². The van der Waals surface area contributed by atoms with Gasteiger partial charge in [-0.1, -0.05) is 93.6 Å². The van der Waals surface area contributed by atoms with E-state index in [0.29, 0.717) is 29.6 Å². The summed E-state index contributed by atoms with van der Waals surface area (Å²) in [5, 5.41) is 38.0. The van der Waals surface area contributed by atoms with Crippen LogP contribution in [0.25, 0.3) is 0 Å². The first-order valence-electron chi connectivity index (χ1n) is 43.4. The SMILES string of the molecule is C=C(CC(C)C)N1CCC(c2[nH]ncc2CN(C)CCCC)CC1.CCCCN(C)Cc1cn[nH]c1C1CCCCC1.CCCCN(C)Cc1cn[nH]c1C1CCN(C)CC1.CCCN(C)Cc1[nH]ncc1C1CCC(N2CCOCC2)CC1.CCCN(C)Cc1cn[nH]c1C1CCC(N2CCOCC2)CC1. The van der Waals surface area contributed by atoms with E-state index in [-0.39, 0.29) is 0 Å². The largest absolute Gasteiger partial charge is 0.379 e. The predicted molar refractivity (Wildman–Crippen MR) is 442 cm³/mol. The van der Waals surface area contributed by atoms with Crippen molar-refractivity contribution in [2.75, 3.05) is 154 Å². The first-order chi connectivity index (χ1) is 52.1. The molecule has 0 unspecified atom stereocenters. The Morgan fingerprint density at radius 3 is 1.14 bits per heavy atom. The van der Waals surface area contributed by atoms with E-state index >= 15 is 0 Å². The molecule has 9 heterocycles. The van der Waals surface area contributed by atoms with Gasteiger partial charge in [-0.15, -0.1) is 0 Å². The minimum Gasteiger partial charge on any atom is -0.379 e. The van der Waals surface area contributed by atoms with Crippen molar-refractivity contribution in [2.45, 2.75) is 290 Å². The van der Waals surface area contributed by atoms with Gasteiger partial charge in [0.1, 0.15) is 0 Å². The molecule has 3 aliphatic carbocycles. The second kappa shape index (κ2) is 48.9. The number of allylic oxidation sites excluding steroid dienone is 1. The number of likely N-dealkylation sites (tertiary alicyclic amines) is 2. The Labute approximate surface area is 650 Å². The lowest BCUT2D eigenvalue weighted by Gasteiger charge is -2.38. The van der Waals surface area contributed by atoms with Gasteiger partial charge in [0.05, 0.1) is 63.1 Å². The summed E-state index contributed by atoms with van der Waals surface area (Å²) in [5.41, 5.74) is 15.3. The van der Waals surface area contributed by atoms with Crippen LogP contribution in [-0.4, -0.2) is 261 Å². The summed E-state index contributed by atoms with van der Waals surface area (Å²) in [6.07, 6.45) is 43.5. The predicted octanol–water partition coefficient (Wildman–Crippen LogP) is 15.7. The second-order valence-corrected chi connectivity index (χ2v) is 33.9. The molecule has 0 radical (unpaired) electrons. The van der Waals surface area contributed by atoms with Crippen molar-refractivity contribution >= 4 is 0 Å². The number of rotatable bonds is 33. The van der Waals surface area contributed by atoms with Crippen LogP contribution in [0.5, 0.6) is 0 Å². The Hall–Kier alpha value is -4.81. The van der Waals surface area contributed by atoms with Gasteiger partial charge in [-0.05, 0) is 234 Å². The molecule has 0 bridgehead atoms. The van der Waals surface area contributed by atoms with Crippen molar-refractivity contribution in [1.82, 2.24) is 95.1 Å². The first-order valence-corrected chi connectivity index (χ1v) is 43.4. The number of nitrogens with one attached hydrogen (secondary N) is 5. The van der Waals surface area contributed by atoms with Crippen LogP contribution in [0.15, 0.2) is 43.3 Å². The third-order valence-corrected chi connectivity index (χ3v) is 24.3. The highest BCUT2D eigenvalue weighted by atomic mass is 16.5. The number of H-pyrrole nitrogens is 5. The molecule has 606 valence electrons. The van der Waals surface area contributed by atoms with Gasteiger partial charge < -0.3 is 43.8 Å². The number of morpholine rings is 2. The van der Waals surface area contributed by atoms with E-state index in [1.807, 2.05) is 24.8 Å². The number of nitrogens with zero attached hydrogens (tertiary/aromatic N) is 14. The number of hydrogen-bond acceptors (Lipinski definition) is 16. The minimum absolute atomic E-state index is 0.616. The number of hydrogen-bond donors (Lipinski definition) is 5. The molecule has 0 spiro atoms. The van der Waals surface area contributed by atoms with Gasteiger partial charge >= 0.3 is 0 Å². The summed E-state index contributed by atoms with van der Waals surface area (Å²) < 4.78 is 11.0. The molecule has 4 saturated heterocycles. The molecule has 107 heavy (non-hydrogen) atoms. The average molecular weight is 1490 g/mol. The third-order valence-electron chi connectivity index (χ3n) is 24.3. The zero-order valence-electron chi connectivity index (χ0n) is 70.2. The highest BCUT2D eigenvalue weighted by Gasteiger charge is 2.33. The number of unbranched alkanes of at least 4 members (excludes halogenated alkanes) is 3. The van der Waals surface area contributed by atoms with Crippen LogP contribution in [0.1, 0.15) is 301 Å². The van der Waals surface area contributed by atoms with Crippen molar-refractivity contribution < 1.29 is 9.47 Å². The fraction of sp³-hybridized carbons (Fsp3) is 0.802. The van der Waals surface area contributed by atoms with E-state index < -0.39 is 0 Å². The maximum absolute atomic E-state index is 5.48. The normalized spacial score (nSPS) is 21.4. The fourth-order valence-corrected chi connectivity index (χ4v) is 18.0. The monoisotopic (exact) mass is 1490 g/mol. The number of aromatic nitrogens is 10. The zero-order valence-corrected chi connectivity index (χ0v) is 70.2. The summed E-state index contributed by atoms with van der Waals surface area (Å²) in [4.78, 5) is 22.2. The smallest absolute Gasteiger partial charge is 0.0594 e. The van der Waals surface area contributed by atoms with Crippen LogP contribution in [0.4, 0.5) is 0 Å². The van der Waals surface area contributed by atoms with Gasteiger partial charge in [-0.2, -0.15) is 25.5 Å². The van der Waals surface area contributed by atoms with Crippen LogP contribution in [0.3, 0.4) is 0 Å². The van der Waals surface area contributed by atoms with E-state index in [9.17, 15) is 0 Å². The van der Waals surface area contributed by atoms with E-state index in [1.54, 1.807) is 0 Å². The molecule has 5 aromatic rings. The average Bonchev–Trinajstić information content (AvgIpc) is 1.02. The van der Waals surface area contributed by atoms with Crippen LogP contribution in [0.2, 0.25) is 0 Å². The van der Waals surface area contributed by atoms with E-state index in [2.05, 4.69) is 199 Å². The number of aromatic amines is 5. The van der Waals surface area contributed by atoms with Gasteiger partial charge in [-0.3, -0.25) is 35.3 Å². The molecule has 3 saturated carbocycles. The molecule has 0 atom stereocenters. The summed E-state index contributed by atoms with van der Waals surface area (Å²) in [7, 11) is 13.3. The third kappa shape index (κ3) is 29.7. The van der Waals surface area contributed by atoms with E-state index in [1.165, 1.54) is 249 Å². The van der Waals surface area contributed by atoms with Gasteiger partial charge in [0.2, 0.25) is 0 Å². The molecular formula is C86H155N19O2. The van der Waals surface area contributed by atoms with Crippen molar-refractivity contribution in [1.29, 1.82) is 0 Å². The minimum atomic E-state index is 0.616. The Morgan fingerprint density at radius 1 is 0.411 bits per heavy atom. The lowest BCUT2D eigenvalue weighted by molar-refractivity contribution is 0.00717. The van der Waals surface area contributed by atoms with Crippen LogP contribution in [0, 0.1) is 5.92 Å². The Morgan fingerprint density at radius 2 is 0.757 bits per heavy atom. The first kappa shape index (κ1) is 87.8. The van der Waals surface area contributed by atoms with Crippen LogP contribution in [-0.2, 0) is 42.2 Å². The summed E-state index contributed by atoms with van der Waals surface area (Å²) in [6.45, 7) is 43.7. The maximum Gasteiger partial charge on any atom is 0.0594 e. The van der Waals surface area contributed by atoms with Gasteiger partial charge in [0.25, 0.3) is 0 Å². The molecule has 5 aromatic heterocycles. The Bertz CT molecular complexity index is 2980. The molecule has 7 fully saturated rings. The van der Waals surface area contributed by atoms with E-state index in [4.69, 9.17) is 9.47 Å². The zero-order chi connectivity index (χ0) is 76.1. The van der Waals surface area contributed by atoms with Crippen molar-refractivity contribution in [3.05, 3.63) is 99.5 Å². The highest BCUT2D eigenvalue weighted by molar-refractivity contribution is 5.25. The number of piperidine rings is 2. The second-order valence-electron chi connectivity index (χ2n) is 33.9. The molecule has 21 heteroatoms. The summed E-state index contributed by atoms with van der Waals surface area (Å²) in [5.74, 6) is 4.07. The number of ether oxygens (including phenoxy) is 2. The maximum atomic E-state index is 5.48. The van der Waals surface area contributed by atoms with Gasteiger partial charge in [-0.25, -0.2) is 0 Å². The molecular weight excluding hydrogens is 1330 g/mol. The van der Waals surface area contributed by atoms with Gasteiger partial charge in [0.15, 0.2) is 0 Å². The highest BCUT2D eigenvalue weighted by Crippen LogP contribution is 2.39. The quantitative estimate of drug-likeness (QED) is 0.0266. The topological polar surface area (TPSA) is 191 Å². The van der Waals surface area contributed by atoms with Crippen LogP contribution >= 0.6 is 0 Å². The van der Waals surface area contributed by atoms with Crippen molar-refractivity contribution in [3.8, 4) is 0 Å². The Balaban J connectivity index is 0.000000169. The molecule has 12 rings (SSSR count). The van der Waals surface area contributed by atoms with Crippen LogP contribution < -0.4 is 0 Å². The molecule has 0 amide bonds. The molecule has 5 N–H and O–H groups in total. The molecule has 7 aliphatic rings. The fourth-order valence-electron chi connectivity index (χ4n) is 18.0. The van der Waals surface area contributed by atoms with Crippen molar-refractivity contribution in [3.63, 3.8) is 0 Å². The molecule has 21 nitrogen and oxygen atoms in total. The summed E-state index contributed by atoms with van der Waals surface area (Å²) >= 11 is 0. The van der Waals surface area contributed by atoms with E-state index in [0.717, 1.165) is 142 Å². The lowest BCUT2D eigenvalue weighted by atomic mass is 9.81. The standard InChI is InChI=1S/C20H36N4.2C18H32N4O.C15H28N4.C15H27N3/c1-6-7-10-23(5)15-19-14-21-22-20(19)18-8-11-24(12-9-18)17(4)13-16(2)3;1-3-8-21(2)14-16-13-19-20-18(16)15-4-6-17(7-5-15)22-9-11-23-12-10-22;1-3-8-21(2)14-18-17(13-19-20-18)15-4-6-16(7-5-15)22-9-11-23-12-10-22;1-4-5-8-19(3)12-14-11-16-17-15(14)13-6-9-18(2)10-7-13;1-3-4-10-18(2)12-14-11-16-17-15(14)13-8-6-5-7-9-13/h14,16,18H,4,6-13,15H2,1-3,5H3,(H,21,22);13,15,17H,3-12,14H2,1-2H3,(H,19,20);13,15-16H,3-12,14H2,1-2H3,(H,19,20);11,13H,4-10,12H2,1-3H3,(H,16,17);11,13H,3-10,12H2,1-2H3,(H,16,17). The Kier molecular flexibility index (Phi) is 40.1.